The van der Waals surface area contributed by atoms with E-state index in [1.54, 1.807) is 0 Å². The Morgan fingerprint density at radius 2 is 1.69 bits per heavy atom. The van der Waals surface area contributed by atoms with Crippen LogP contribution in [-0.2, 0) is 9.59 Å². The number of thiazole rings is 1. The maximum absolute atomic E-state index is 13.5. The molecule has 0 saturated carbocycles. The summed E-state index contributed by atoms with van der Waals surface area (Å²) in [5.74, 6) is -2.07. The molecule has 5 rings (SSSR count). The number of hydrogen-bond acceptors (Lipinski definition) is 5. The minimum atomic E-state index is -0.877. The molecule has 0 aliphatic carbocycles. The lowest BCUT2D eigenvalue weighted by Gasteiger charge is -2.23. The van der Waals surface area contributed by atoms with Crippen molar-refractivity contribution in [3.63, 3.8) is 0 Å². The van der Waals surface area contributed by atoms with Crippen molar-refractivity contribution < 1.29 is 19.1 Å². The number of carbonyl (C=O) groups is 2. The fourth-order valence-electron chi connectivity index (χ4n) is 4.63. The third-order valence-electron chi connectivity index (χ3n) is 6.51. The average molecular weight is 501 g/mol. The molecule has 5 nitrogen and oxygen atoms in total. The summed E-state index contributed by atoms with van der Waals surface area (Å²) in [6.07, 6.45) is 0. The lowest BCUT2D eigenvalue weighted by atomic mass is 9.93. The van der Waals surface area contributed by atoms with Crippen LogP contribution in [0.25, 0.3) is 16.0 Å². The molecule has 3 aromatic carbocycles. The van der Waals surface area contributed by atoms with Gasteiger partial charge < -0.3 is 5.11 Å². The number of amides is 1. The Kier molecular flexibility index (Phi) is 5.96. The molecule has 4 aromatic rings. The second-order valence-electron chi connectivity index (χ2n) is 9.42. The molecule has 7 heteroatoms. The van der Waals surface area contributed by atoms with Gasteiger partial charge in [-0.25, -0.2) is 9.37 Å². The van der Waals surface area contributed by atoms with Gasteiger partial charge in [-0.2, -0.15) is 0 Å². The predicted molar refractivity (Wildman–Crippen MR) is 141 cm³/mol. The number of halogens is 1. The van der Waals surface area contributed by atoms with Crippen molar-refractivity contribution >= 4 is 44.1 Å². The summed E-state index contributed by atoms with van der Waals surface area (Å²) in [6, 6.07) is 16.0. The van der Waals surface area contributed by atoms with Gasteiger partial charge in [-0.3, -0.25) is 14.5 Å². The van der Waals surface area contributed by atoms with E-state index in [4.69, 9.17) is 4.98 Å². The number of fused-ring (bicyclic) bond motifs is 1. The van der Waals surface area contributed by atoms with E-state index in [0.717, 1.165) is 26.9 Å². The highest BCUT2D eigenvalue weighted by Crippen LogP contribution is 2.45. The average Bonchev–Trinajstić information content (AvgIpc) is 3.38. The van der Waals surface area contributed by atoms with Crippen LogP contribution in [0.2, 0.25) is 0 Å². The molecule has 0 spiro atoms. The molecule has 1 N–H and O–H groups in total. The minimum Gasteiger partial charge on any atom is -0.507 e. The number of ketones is 1. The lowest BCUT2D eigenvalue weighted by Crippen LogP contribution is -2.29. The first-order valence-electron chi connectivity index (χ1n) is 11.7. The van der Waals surface area contributed by atoms with Gasteiger partial charge in [0.1, 0.15) is 11.6 Å². The van der Waals surface area contributed by atoms with Gasteiger partial charge in [0, 0.05) is 5.56 Å². The third-order valence-corrected chi connectivity index (χ3v) is 7.51. The SMILES string of the molecule is Cc1cc(C)c2nc(N3C(=O)C(=O)C(=C(O)c4ccc(F)cc4)[C@H]3c3ccc(C(C)C)cc3)sc2c1. The van der Waals surface area contributed by atoms with Crippen molar-refractivity contribution in [1.29, 1.82) is 0 Å². The Balaban J connectivity index is 1.73. The molecule has 0 bridgehead atoms. The third kappa shape index (κ3) is 3.99. The second kappa shape index (κ2) is 8.99. The van der Waals surface area contributed by atoms with Crippen LogP contribution in [0, 0.1) is 19.7 Å². The highest BCUT2D eigenvalue weighted by Gasteiger charge is 2.48. The van der Waals surface area contributed by atoms with E-state index < -0.39 is 23.5 Å². The Morgan fingerprint density at radius 3 is 2.33 bits per heavy atom. The number of Topliss-reactive ketones (excluding diaryl/α,β-unsaturated/α-hetero) is 1. The van der Waals surface area contributed by atoms with E-state index >= 15 is 0 Å². The number of nitrogens with zero attached hydrogens (tertiary/aromatic N) is 2. The highest BCUT2D eigenvalue weighted by atomic mass is 32.1. The van der Waals surface area contributed by atoms with Gasteiger partial charge >= 0.3 is 5.91 Å². The number of rotatable bonds is 4. The summed E-state index contributed by atoms with van der Waals surface area (Å²) >= 11 is 1.33. The van der Waals surface area contributed by atoms with Crippen LogP contribution in [-0.4, -0.2) is 21.8 Å². The Labute approximate surface area is 212 Å². The van der Waals surface area contributed by atoms with E-state index in [1.807, 2.05) is 50.2 Å². The molecule has 1 fully saturated rings. The molecule has 1 aliphatic rings. The quantitative estimate of drug-likeness (QED) is 0.190. The topological polar surface area (TPSA) is 70.5 Å². The van der Waals surface area contributed by atoms with E-state index in [-0.39, 0.29) is 16.9 Å². The van der Waals surface area contributed by atoms with E-state index in [2.05, 4.69) is 13.8 Å². The van der Waals surface area contributed by atoms with Crippen LogP contribution < -0.4 is 4.90 Å². The summed E-state index contributed by atoms with van der Waals surface area (Å²) in [5, 5.41) is 11.6. The van der Waals surface area contributed by atoms with Gasteiger partial charge in [-0.1, -0.05) is 55.5 Å². The number of benzene rings is 3. The normalized spacial score (nSPS) is 17.5. The largest absolute Gasteiger partial charge is 0.507 e. The zero-order chi connectivity index (χ0) is 25.7. The molecule has 1 saturated heterocycles. The summed E-state index contributed by atoms with van der Waals surface area (Å²) < 4.78 is 14.4. The summed E-state index contributed by atoms with van der Waals surface area (Å²) in [4.78, 5) is 32.9. The van der Waals surface area contributed by atoms with Gasteiger partial charge in [0.2, 0.25) is 0 Å². The Bertz CT molecular complexity index is 1540. The molecule has 182 valence electrons. The molecule has 1 aromatic heterocycles. The predicted octanol–water partition coefficient (Wildman–Crippen LogP) is 6.80. The molecule has 1 amide bonds. The Morgan fingerprint density at radius 1 is 1.03 bits per heavy atom. The molecule has 0 radical (unpaired) electrons. The molecular formula is C29H25FN2O3S. The fraction of sp³-hybridized carbons (Fsp3) is 0.207. The van der Waals surface area contributed by atoms with Gasteiger partial charge in [0.25, 0.3) is 5.78 Å². The highest BCUT2D eigenvalue weighted by molar-refractivity contribution is 7.22. The van der Waals surface area contributed by atoms with Crippen LogP contribution in [0.5, 0.6) is 0 Å². The molecule has 0 unspecified atom stereocenters. The monoisotopic (exact) mass is 500 g/mol. The lowest BCUT2D eigenvalue weighted by molar-refractivity contribution is -0.132. The number of aromatic nitrogens is 1. The number of aliphatic hydroxyl groups excluding tert-OH is 1. The van der Waals surface area contributed by atoms with E-state index in [9.17, 15) is 19.1 Å². The van der Waals surface area contributed by atoms with Crippen molar-refractivity contribution in [2.24, 2.45) is 0 Å². The van der Waals surface area contributed by atoms with E-state index in [1.165, 1.54) is 40.5 Å². The van der Waals surface area contributed by atoms with Crippen molar-refractivity contribution in [3.8, 4) is 0 Å². The van der Waals surface area contributed by atoms with Gasteiger partial charge in [0.05, 0.1) is 21.8 Å². The summed E-state index contributed by atoms with van der Waals surface area (Å²) in [5.41, 5.74) is 4.83. The minimum absolute atomic E-state index is 0.0453. The maximum atomic E-state index is 13.5. The maximum Gasteiger partial charge on any atom is 0.301 e. The first-order valence-corrected chi connectivity index (χ1v) is 12.5. The number of anilines is 1. The molecule has 1 aliphatic heterocycles. The van der Waals surface area contributed by atoms with Crippen LogP contribution in [0.1, 0.15) is 53.6 Å². The van der Waals surface area contributed by atoms with Crippen molar-refractivity contribution in [3.05, 3.63) is 99.9 Å². The molecule has 1 atom stereocenters. The van der Waals surface area contributed by atoms with Crippen molar-refractivity contribution in [2.45, 2.75) is 39.7 Å². The van der Waals surface area contributed by atoms with Crippen LogP contribution in [0.4, 0.5) is 9.52 Å². The first-order chi connectivity index (χ1) is 17.2. The number of aryl methyl sites for hydroxylation is 2. The van der Waals surface area contributed by atoms with E-state index in [0.29, 0.717) is 16.6 Å². The summed E-state index contributed by atoms with van der Waals surface area (Å²) in [7, 11) is 0. The number of hydrogen-bond donors (Lipinski definition) is 1. The Hall–Kier alpha value is -3.84. The second-order valence-corrected chi connectivity index (χ2v) is 10.4. The van der Waals surface area contributed by atoms with Crippen molar-refractivity contribution in [1.82, 2.24) is 4.98 Å². The van der Waals surface area contributed by atoms with Gasteiger partial charge in [-0.05, 0) is 72.4 Å². The zero-order valence-corrected chi connectivity index (χ0v) is 21.2. The molecular weight excluding hydrogens is 475 g/mol. The first kappa shape index (κ1) is 23.9. The zero-order valence-electron chi connectivity index (χ0n) is 20.4. The van der Waals surface area contributed by atoms with Crippen LogP contribution in [0.3, 0.4) is 0 Å². The molecule has 36 heavy (non-hydrogen) atoms. The van der Waals surface area contributed by atoms with Gasteiger partial charge in [-0.15, -0.1) is 0 Å². The van der Waals surface area contributed by atoms with Crippen LogP contribution in [0.15, 0.2) is 66.2 Å². The van der Waals surface area contributed by atoms with Gasteiger partial charge in [0.15, 0.2) is 5.13 Å². The number of aliphatic hydroxyl groups is 1. The molecule has 2 heterocycles. The fourth-order valence-corrected chi connectivity index (χ4v) is 5.80. The smallest absolute Gasteiger partial charge is 0.301 e. The summed E-state index contributed by atoms with van der Waals surface area (Å²) in [6.45, 7) is 8.13. The van der Waals surface area contributed by atoms with Crippen molar-refractivity contribution in [2.75, 3.05) is 4.90 Å². The standard InChI is InChI=1S/C29H25FN2O3S/c1-15(2)18-5-7-19(8-6-18)25-23(26(33)20-9-11-21(30)12-10-20)27(34)28(35)32(25)29-31-24-17(4)13-16(3)14-22(24)36-29/h5-15,25,33H,1-4H3/t25-/m1/s1. The number of carbonyl (C=O) groups excluding carboxylic acids is 2. The van der Waals surface area contributed by atoms with Crippen LogP contribution >= 0.6 is 11.3 Å².